The van der Waals surface area contributed by atoms with Crippen molar-refractivity contribution in [1.29, 1.82) is 0 Å². The first kappa shape index (κ1) is 16.1. The minimum atomic E-state index is -0.601. The number of ether oxygens (including phenoxy) is 1. The number of nitrogens with one attached hydrogen (secondary N) is 1. The normalized spacial score (nSPS) is 30.4. The maximum Gasteiger partial charge on any atom is 0.408 e. The summed E-state index contributed by atoms with van der Waals surface area (Å²) in [4.78, 5) is 26.2. The Hall–Kier alpha value is -1.30. The molecule has 2 fully saturated rings. The molecule has 2 heterocycles. The number of fused-ring (bicyclic) bond motifs is 1. The van der Waals surface area contributed by atoms with Gasteiger partial charge in [-0.15, -0.1) is 0 Å². The Kier molecular flexibility index (Phi) is 4.76. The zero-order valence-corrected chi connectivity index (χ0v) is 13.1. The van der Waals surface area contributed by atoms with Gasteiger partial charge in [-0.1, -0.05) is 0 Å². The third kappa shape index (κ3) is 4.33. The summed E-state index contributed by atoms with van der Waals surface area (Å²) in [5.74, 6) is -0.0461. The van der Waals surface area contributed by atoms with Crippen LogP contribution in [0.2, 0.25) is 0 Å². The van der Waals surface area contributed by atoms with Gasteiger partial charge in [-0.25, -0.2) is 4.79 Å². The van der Waals surface area contributed by atoms with E-state index in [2.05, 4.69) is 5.32 Å². The van der Waals surface area contributed by atoms with Crippen molar-refractivity contribution in [3.8, 4) is 0 Å². The van der Waals surface area contributed by atoms with Gasteiger partial charge in [-0.3, -0.25) is 4.79 Å². The number of amides is 2. The van der Waals surface area contributed by atoms with E-state index in [1.807, 2.05) is 4.90 Å². The zero-order chi connectivity index (χ0) is 15.6. The van der Waals surface area contributed by atoms with Crippen LogP contribution in [0.3, 0.4) is 0 Å². The summed E-state index contributed by atoms with van der Waals surface area (Å²) in [6.07, 6.45) is 2.52. The summed E-state index contributed by atoms with van der Waals surface area (Å²) >= 11 is 0. The molecule has 0 aromatic carbocycles. The molecule has 0 spiro atoms. The summed E-state index contributed by atoms with van der Waals surface area (Å²) in [6.45, 7) is 6.06. The number of hydrogen-bond acceptors (Lipinski definition) is 4. The summed E-state index contributed by atoms with van der Waals surface area (Å²) in [7, 11) is 0. The molecule has 0 bridgehead atoms. The molecule has 3 atom stereocenters. The molecule has 2 saturated heterocycles. The molecule has 2 amide bonds. The first-order valence-corrected chi connectivity index (χ1v) is 7.74. The first-order valence-electron chi connectivity index (χ1n) is 7.74. The van der Waals surface area contributed by atoms with Crippen molar-refractivity contribution < 1.29 is 19.4 Å². The van der Waals surface area contributed by atoms with Crippen LogP contribution in [-0.2, 0) is 9.53 Å². The second-order valence-corrected chi connectivity index (χ2v) is 6.99. The minimum Gasteiger partial charge on any atom is -0.444 e. The Balaban J connectivity index is 2.03. The van der Waals surface area contributed by atoms with E-state index in [1.165, 1.54) is 0 Å². The lowest BCUT2D eigenvalue weighted by Gasteiger charge is -2.33. The lowest BCUT2D eigenvalue weighted by molar-refractivity contribution is -0.136. The lowest BCUT2D eigenvalue weighted by atomic mass is 9.97. The third-order valence-corrected chi connectivity index (χ3v) is 3.98. The Labute approximate surface area is 125 Å². The topological polar surface area (TPSA) is 78.9 Å². The maximum absolute atomic E-state index is 12.6. The van der Waals surface area contributed by atoms with Crippen molar-refractivity contribution in [2.24, 2.45) is 0 Å². The number of aliphatic hydroxyl groups is 1. The second kappa shape index (κ2) is 6.22. The second-order valence-electron chi connectivity index (χ2n) is 6.99. The van der Waals surface area contributed by atoms with Crippen LogP contribution in [0.1, 0.15) is 52.9 Å². The number of aliphatic hydroxyl groups excluding tert-OH is 1. The highest BCUT2D eigenvalue weighted by Gasteiger charge is 2.37. The standard InChI is InChI=1S/C15H26N2O4/c1-15(2,3)21-14(20)16-12-7-6-11(18)9-10-5-4-8-17(10)13(12)19/h10-12,18H,4-9H2,1-3H3,(H,16,20)/t10-,11+,12+/m1/s1. The Morgan fingerprint density at radius 1 is 1.33 bits per heavy atom. The molecule has 0 saturated carbocycles. The molecule has 0 aromatic heterocycles. The molecule has 0 aromatic rings. The number of carbonyl (C=O) groups is 2. The predicted octanol–water partition coefficient (Wildman–Crippen LogP) is 1.42. The number of hydrogen-bond donors (Lipinski definition) is 2. The van der Waals surface area contributed by atoms with Crippen LogP contribution in [0, 0.1) is 0 Å². The summed E-state index contributed by atoms with van der Waals surface area (Å²) < 4.78 is 5.22. The maximum atomic E-state index is 12.6. The highest BCUT2D eigenvalue weighted by Crippen LogP contribution is 2.26. The van der Waals surface area contributed by atoms with Gasteiger partial charge in [0.15, 0.2) is 0 Å². The summed E-state index contributed by atoms with van der Waals surface area (Å²) in [5.41, 5.74) is -0.593. The third-order valence-electron chi connectivity index (χ3n) is 3.98. The first-order chi connectivity index (χ1) is 9.76. The Morgan fingerprint density at radius 2 is 2.05 bits per heavy atom. The SMILES string of the molecule is CC(C)(C)OC(=O)N[C@H]1CC[C@H](O)C[C@H]2CCCN2C1=O. The molecule has 0 unspecified atom stereocenters. The Bertz CT molecular complexity index is 405. The Morgan fingerprint density at radius 3 is 2.71 bits per heavy atom. The smallest absolute Gasteiger partial charge is 0.408 e. The van der Waals surface area contributed by atoms with E-state index in [4.69, 9.17) is 4.74 Å². The molecule has 2 rings (SSSR count). The molecule has 21 heavy (non-hydrogen) atoms. The van der Waals surface area contributed by atoms with Gasteiger partial charge in [0.25, 0.3) is 0 Å². The van der Waals surface area contributed by atoms with Gasteiger partial charge in [-0.2, -0.15) is 0 Å². The molecule has 0 aliphatic carbocycles. The monoisotopic (exact) mass is 298 g/mol. The summed E-state index contributed by atoms with van der Waals surface area (Å²) in [6, 6.07) is -0.494. The van der Waals surface area contributed by atoms with E-state index < -0.39 is 23.8 Å². The molecule has 2 aliphatic heterocycles. The molecule has 2 N–H and O–H groups in total. The average Bonchev–Trinajstić information content (AvgIpc) is 2.77. The van der Waals surface area contributed by atoms with Gasteiger partial charge < -0.3 is 20.1 Å². The van der Waals surface area contributed by atoms with Crippen LogP contribution in [0.5, 0.6) is 0 Å². The van der Waals surface area contributed by atoms with E-state index in [9.17, 15) is 14.7 Å². The fourth-order valence-corrected chi connectivity index (χ4v) is 3.07. The van der Waals surface area contributed by atoms with E-state index in [-0.39, 0.29) is 11.9 Å². The fraction of sp³-hybridized carbons (Fsp3) is 0.867. The van der Waals surface area contributed by atoms with Crippen LogP contribution in [0.15, 0.2) is 0 Å². The van der Waals surface area contributed by atoms with Crippen LogP contribution in [-0.4, -0.2) is 52.3 Å². The van der Waals surface area contributed by atoms with Gasteiger partial charge in [0, 0.05) is 12.6 Å². The highest BCUT2D eigenvalue weighted by atomic mass is 16.6. The quantitative estimate of drug-likeness (QED) is 0.767. The predicted molar refractivity (Wildman–Crippen MR) is 77.8 cm³/mol. The molecule has 6 heteroatoms. The van der Waals surface area contributed by atoms with E-state index in [1.54, 1.807) is 20.8 Å². The highest BCUT2D eigenvalue weighted by molar-refractivity contribution is 5.86. The van der Waals surface area contributed by atoms with Crippen LogP contribution >= 0.6 is 0 Å². The van der Waals surface area contributed by atoms with Crippen molar-refractivity contribution >= 4 is 12.0 Å². The van der Waals surface area contributed by atoms with Gasteiger partial charge in [0.05, 0.1) is 6.10 Å². The van der Waals surface area contributed by atoms with Gasteiger partial charge in [-0.05, 0) is 52.9 Å². The number of rotatable bonds is 1. The fourth-order valence-electron chi connectivity index (χ4n) is 3.07. The van der Waals surface area contributed by atoms with Crippen molar-refractivity contribution in [1.82, 2.24) is 10.2 Å². The van der Waals surface area contributed by atoms with Crippen molar-refractivity contribution in [3.05, 3.63) is 0 Å². The summed E-state index contributed by atoms with van der Waals surface area (Å²) in [5, 5.41) is 12.7. The minimum absolute atomic E-state index is 0.0461. The molecule has 6 nitrogen and oxygen atoms in total. The van der Waals surface area contributed by atoms with Crippen LogP contribution in [0.4, 0.5) is 4.79 Å². The number of nitrogens with zero attached hydrogens (tertiary/aromatic N) is 1. The van der Waals surface area contributed by atoms with Gasteiger partial charge in [0.1, 0.15) is 11.6 Å². The van der Waals surface area contributed by atoms with E-state index >= 15 is 0 Å². The zero-order valence-electron chi connectivity index (χ0n) is 13.1. The molecule has 0 radical (unpaired) electrons. The largest absolute Gasteiger partial charge is 0.444 e. The van der Waals surface area contributed by atoms with Gasteiger partial charge >= 0.3 is 6.09 Å². The molecule has 2 aliphatic rings. The average molecular weight is 298 g/mol. The van der Waals surface area contributed by atoms with E-state index in [0.717, 1.165) is 12.8 Å². The van der Waals surface area contributed by atoms with Crippen molar-refractivity contribution in [3.63, 3.8) is 0 Å². The lowest BCUT2D eigenvalue weighted by Crippen LogP contribution is -2.53. The number of carbonyl (C=O) groups excluding carboxylic acids is 2. The molecule has 120 valence electrons. The van der Waals surface area contributed by atoms with Crippen LogP contribution in [0.25, 0.3) is 0 Å². The van der Waals surface area contributed by atoms with Crippen LogP contribution < -0.4 is 5.32 Å². The van der Waals surface area contributed by atoms with Gasteiger partial charge in [0.2, 0.25) is 5.91 Å². The van der Waals surface area contributed by atoms with Crippen molar-refractivity contribution in [2.45, 2.75) is 76.7 Å². The number of alkyl carbamates (subject to hydrolysis) is 1. The van der Waals surface area contributed by atoms with Crippen molar-refractivity contribution in [2.75, 3.05) is 6.54 Å². The van der Waals surface area contributed by atoms with E-state index in [0.29, 0.717) is 25.8 Å². The molecular weight excluding hydrogens is 272 g/mol. The molecular formula is C15H26N2O4.